The van der Waals surface area contributed by atoms with Gasteiger partial charge in [0.2, 0.25) is 0 Å². The Labute approximate surface area is 152 Å². The van der Waals surface area contributed by atoms with Gasteiger partial charge in [0.15, 0.2) is 9.84 Å². The zero-order valence-corrected chi connectivity index (χ0v) is 14.9. The normalized spacial score (nSPS) is 23.7. The third-order valence-electron chi connectivity index (χ3n) is 5.42. The molecule has 5 nitrogen and oxygen atoms in total. The highest BCUT2D eigenvalue weighted by Crippen LogP contribution is 2.46. The summed E-state index contributed by atoms with van der Waals surface area (Å²) in [6.07, 6.45) is 5.18. The Balaban J connectivity index is 1.49. The molecule has 0 saturated carbocycles. The number of benzene rings is 1. The molecule has 2 aliphatic rings. The van der Waals surface area contributed by atoms with Crippen LogP contribution < -0.4 is 0 Å². The van der Waals surface area contributed by atoms with Crippen LogP contribution in [0.1, 0.15) is 17.0 Å². The maximum atomic E-state index is 13.0. The molecule has 0 spiro atoms. The van der Waals surface area contributed by atoms with E-state index in [0.29, 0.717) is 11.4 Å². The summed E-state index contributed by atoms with van der Waals surface area (Å²) in [5.41, 5.74) is 3.01. The van der Waals surface area contributed by atoms with E-state index in [9.17, 15) is 8.42 Å². The van der Waals surface area contributed by atoms with Gasteiger partial charge in [-0.3, -0.25) is 9.88 Å². The summed E-state index contributed by atoms with van der Waals surface area (Å²) in [5, 5.41) is -0.355. The quantitative estimate of drug-likeness (QED) is 0.713. The maximum absolute atomic E-state index is 13.0. The van der Waals surface area contributed by atoms with E-state index in [-0.39, 0.29) is 11.2 Å². The lowest BCUT2D eigenvalue weighted by Gasteiger charge is -2.17. The molecule has 1 saturated heterocycles. The Kier molecular flexibility index (Phi) is 3.52. The fourth-order valence-corrected chi connectivity index (χ4v) is 6.39. The van der Waals surface area contributed by atoms with Gasteiger partial charge in [-0.2, -0.15) is 0 Å². The second-order valence-corrected chi connectivity index (χ2v) is 9.10. The zero-order chi connectivity index (χ0) is 17.7. The van der Waals surface area contributed by atoms with Crippen LogP contribution in [0.15, 0.2) is 70.4 Å². The first-order valence-corrected chi connectivity index (χ1v) is 10.2. The highest BCUT2D eigenvalue weighted by atomic mass is 32.2. The van der Waals surface area contributed by atoms with E-state index in [4.69, 9.17) is 4.42 Å². The monoisotopic (exact) mass is 366 g/mol. The van der Waals surface area contributed by atoms with E-state index in [1.807, 2.05) is 36.4 Å². The smallest absolute Gasteiger partial charge is 0.183 e. The lowest BCUT2D eigenvalue weighted by atomic mass is 9.96. The molecule has 6 heteroatoms. The number of rotatable bonds is 3. The second kappa shape index (κ2) is 5.79. The van der Waals surface area contributed by atoms with Crippen LogP contribution in [0.4, 0.5) is 0 Å². The Bertz CT molecular complexity index is 1050. The third kappa shape index (κ3) is 2.40. The molecular weight excluding hydrogens is 348 g/mol. The number of hydrogen-bond donors (Lipinski definition) is 0. The number of likely N-dealkylation sites (tertiary alicyclic amines) is 1. The van der Waals surface area contributed by atoms with Crippen LogP contribution in [-0.2, 0) is 16.4 Å². The molecule has 1 aromatic carbocycles. The first-order chi connectivity index (χ1) is 12.6. The van der Waals surface area contributed by atoms with Crippen LogP contribution in [0.3, 0.4) is 0 Å². The van der Waals surface area contributed by atoms with Crippen molar-refractivity contribution in [3.05, 3.63) is 72.2 Å². The van der Waals surface area contributed by atoms with Crippen molar-refractivity contribution in [1.82, 2.24) is 9.88 Å². The second-order valence-electron chi connectivity index (χ2n) is 6.97. The molecule has 3 aromatic rings. The van der Waals surface area contributed by atoms with Crippen molar-refractivity contribution < 1.29 is 12.8 Å². The van der Waals surface area contributed by atoms with E-state index in [1.165, 1.54) is 0 Å². The van der Waals surface area contributed by atoms with Crippen molar-refractivity contribution in [2.24, 2.45) is 0 Å². The predicted octanol–water partition coefficient (Wildman–Crippen LogP) is 3.10. The van der Waals surface area contributed by atoms with Gasteiger partial charge in [0.05, 0.1) is 16.4 Å². The van der Waals surface area contributed by atoms with Crippen molar-refractivity contribution in [2.45, 2.75) is 22.6 Å². The standard InChI is InChI=1S/C20H18N2O3S/c23-26(24)19-4-3-15(18-2-1-9-25-18)10-16(19)17-12-22(13-20(17)26)11-14-5-7-21-8-6-14/h1-10,17,20H,11-13H2. The number of sulfone groups is 1. The Morgan fingerprint density at radius 2 is 1.96 bits per heavy atom. The zero-order valence-electron chi connectivity index (χ0n) is 14.1. The molecule has 0 aliphatic carbocycles. The van der Waals surface area contributed by atoms with Crippen LogP contribution in [0.2, 0.25) is 0 Å². The van der Waals surface area contributed by atoms with Crippen LogP contribution in [0.5, 0.6) is 0 Å². The number of nitrogens with zero attached hydrogens (tertiary/aromatic N) is 2. The van der Waals surface area contributed by atoms with E-state index in [0.717, 1.165) is 35.5 Å². The first-order valence-electron chi connectivity index (χ1n) is 8.66. The number of aromatic nitrogens is 1. The van der Waals surface area contributed by atoms with Crippen molar-refractivity contribution in [1.29, 1.82) is 0 Å². The van der Waals surface area contributed by atoms with Crippen LogP contribution in [-0.4, -0.2) is 36.6 Å². The molecule has 5 rings (SSSR count). The molecular formula is C20H18N2O3S. The molecule has 132 valence electrons. The molecule has 2 aromatic heterocycles. The van der Waals surface area contributed by atoms with Crippen molar-refractivity contribution in [3.8, 4) is 11.3 Å². The SMILES string of the molecule is O=S1(=O)c2ccc(-c3ccco3)cc2C2CN(Cc3ccncc3)CC21. The number of hydrogen-bond acceptors (Lipinski definition) is 5. The van der Waals surface area contributed by atoms with Gasteiger partial charge in [-0.1, -0.05) is 0 Å². The molecule has 26 heavy (non-hydrogen) atoms. The van der Waals surface area contributed by atoms with Crippen molar-refractivity contribution in [3.63, 3.8) is 0 Å². The van der Waals surface area contributed by atoms with Gasteiger partial charge in [0.25, 0.3) is 0 Å². The minimum atomic E-state index is -3.28. The van der Waals surface area contributed by atoms with Gasteiger partial charge in [-0.05, 0) is 53.6 Å². The van der Waals surface area contributed by atoms with E-state index in [1.54, 1.807) is 24.7 Å². The summed E-state index contributed by atoms with van der Waals surface area (Å²) < 4.78 is 31.5. The summed E-state index contributed by atoms with van der Waals surface area (Å²) in [6, 6.07) is 13.3. The molecule has 2 unspecified atom stereocenters. The van der Waals surface area contributed by atoms with E-state index >= 15 is 0 Å². The van der Waals surface area contributed by atoms with Gasteiger partial charge >= 0.3 is 0 Å². The molecule has 2 atom stereocenters. The number of furan rings is 1. The summed E-state index contributed by atoms with van der Waals surface area (Å²) in [6.45, 7) is 2.07. The average molecular weight is 366 g/mol. The molecule has 0 N–H and O–H groups in total. The van der Waals surface area contributed by atoms with Crippen LogP contribution >= 0.6 is 0 Å². The van der Waals surface area contributed by atoms with Crippen LogP contribution in [0.25, 0.3) is 11.3 Å². The maximum Gasteiger partial charge on any atom is 0.183 e. The minimum absolute atomic E-state index is 0.0201. The van der Waals surface area contributed by atoms with Gasteiger partial charge in [0, 0.05) is 43.5 Å². The van der Waals surface area contributed by atoms with Crippen molar-refractivity contribution in [2.75, 3.05) is 13.1 Å². The summed E-state index contributed by atoms with van der Waals surface area (Å²) >= 11 is 0. The summed E-state index contributed by atoms with van der Waals surface area (Å²) in [4.78, 5) is 6.76. The lowest BCUT2D eigenvalue weighted by molar-refractivity contribution is 0.325. The molecule has 1 fully saturated rings. The topological polar surface area (TPSA) is 63.4 Å². The summed E-state index contributed by atoms with van der Waals surface area (Å²) in [7, 11) is -3.28. The average Bonchev–Trinajstić information content (AvgIpc) is 3.35. The van der Waals surface area contributed by atoms with Gasteiger partial charge in [-0.15, -0.1) is 0 Å². The molecule has 4 heterocycles. The summed E-state index contributed by atoms with van der Waals surface area (Å²) in [5.74, 6) is 0.784. The predicted molar refractivity (Wildman–Crippen MR) is 97.4 cm³/mol. The minimum Gasteiger partial charge on any atom is -0.464 e. The van der Waals surface area contributed by atoms with E-state index in [2.05, 4.69) is 9.88 Å². The van der Waals surface area contributed by atoms with Crippen molar-refractivity contribution >= 4 is 9.84 Å². The van der Waals surface area contributed by atoms with Gasteiger partial charge < -0.3 is 4.42 Å². The Morgan fingerprint density at radius 1 is 1.12 bits per heavy atom. The largest absolute Gasteiger partial charge is 0.464 e. The molecule has 0 radical (unpaired) electrons. The molecule has 2 aliphatic heterocycles. The number of pyridine rings is 1. The highest BCUT2D eigenvalue weighted by Gasteiger charge is 2.50. The Morgan fingerprint density at radius 3 is 2.73 bits per heavy atom. The van der Waals surface area contributed by atoms with Crippen LogP contribution in [0, 0.1) is 0 Å². The highest BCUT2D eigenvalue weighted by molar-refractivity contribution is 7.92. The third-order valence-corrected chi connectivity index (χ3v) is 7.68. The number of fused-ring (bicyclic) bond motifs is 3. The van der Waals surface area contributed by atoms with E-state index < -0.39 is 9.84 Å². The fourth-order valence-electron chi connectivity index (χ4n) is 4.20. The Hall–Kier alpha value is -2.44. The lowest BCUT2D eigenvalue weighted by Crippen LogP contribution is -2.25. The van der Waals surface area contributed by atoms with Gasteiger partial charge in [0.1, 0.15) is 5.76 Å². The molecule has 0 amide bonds. The molecule has 0 bridgehead atoms. The van der Waals surface area contributed by atoms with Gasteiger partial charge in [-0.25, -0.2) is 8.42 Å². The fraction of sp³-hybridized carbons (Fsp3) is 0.250. The first kappa shape index (κ1) is 15.8.